The van der Waals surface area contributed by atoms with Gasteiger partial charge in [0.05, 0.1) is 0 Å². The Morgan fingerprint density at radius 2 is 1.70 bits per heavy atom. The van der Waals surface area contributed by atoms with E-state index in [1.165, 1.54) is 0 Å². The van der Waals surface area contributed by atoms with Crippen molar-refractivity contribution in [3.05, 3.63) is 49.6 Å². The van der Waals surface area contributed by atoms with Crippen molar-refractivity contribution in [3.63, 3.8) is 0 Å². The van der Waals surface area contributed by atoms with Gasteiger partial charge in [-0.1, -0.05) is 43.0 Å². The Kier molecular flexibility index (Phi) is 7.13. The van der Waals surface area contributed by atoms with Crippen LogP contribution in [0.2, 0.25) is 0 Å². The third kappa shape index (κ3) is 6.96. The monoisotopic (exact) mass is 134 g/mol. The number of hydrogen-bond donors (Lipinski definition) is 0. The molecule has 0 heterocycles. The lowest BCUT2D eigenvalue weighted by atomic mass is 10.3. The first-order valence-electron chi connectivity index (χ1n) is 3.47. The van der Waals surface area contributed by atoms with Gasteiger partial charge in [-0.25, -0.2) is 0 Å². The van der Waals surface area contributed by atoms with Crippen molar-refractivity contribution in [2.24, 2.45) is 0 Å². The van der Waals surface area contributed by atoms with E-state index in [1.807, 2.05) is 24.3 Å². The smallest absolute Gasteiger partial charge is 0.0313 e. The number of rotatable bonds is 5. The van der Waals surface area contributed by atoms with E-state index in [9.17, 15) is 0 Å². The zero-order valence-corrected chi connectivity index (χ0v) is 6.29. The zero-order valence-electron chi connectivity index (χ0n) is 6.29. The highest BCUT2D eigenvalue weighted by Gasteiger charge is 1.70. The highest BCUT2D eigenvalue weighted by molar-refractivity contribution is 5.08. The van der Waals surface area contributed by atoms with E-state index < -0.39 is 0 Å². The van der Waals surface area contributed by atoms with Crippen LogP contribution in [-0.2, 0) is 0 Å². The van der Waals surface area contributed by atoms with Crippen molar-refractivity contribution in [1.82, 2.24) is 0 Å². The van der Waals surface area contributed by atoms with Gasteiger partial charge in [0, 0.05) is 0 Å². The number of hydrogen-bond acceptors (Lipinski definition) is 0. The molecule has 0 aromatic rings. The normalized spacial score (nSPS) is 10.8. The largest absolute Gasteiger partial charge is 0.103 e. The Morgan fingerprint density at radius 1 is 0.900 bits per heavy atom. The second kappa shape index (κ2) is 7.96. The Balaban J connectivity index is 3.27. The van der Waals surface area contributed by atoms with E-state index in [1.54, 1.807) is 6.08 Å². The van der Waals surface area contributed by atoms with E-state index in [0.29, 0.717) is 0 Å². The molecule has 0 bridgehead atoms. The maximum Gasteiger partial charge on any atom is -0.0313 e. The molecule has 0 aliphatic rings. The SMILES string of the molecule is C=CC=CC=CCCC=C. The molecule has 0 N–H and O–H groups in total. The van der Waals surface area contributed by atoms with Gasteiger partial charge in [0.15, 0.2) is 0 Å². The first-order chi connectivity index (χ1) is 4.91. The van der Waals surface area contributed by atoms with Gasteiger partial charge < -0.3 is 0 Å². The molecule has 0 heteroatoms. The molecule has 0 aliphatic carbocycles. The highest BCUT2D eigenvalue weighted by atomic mass is 13.8. The summed E-state index contributed by atoms with van der Waals surface area (Å²) < 4.78 is 0. The van der Waals surface area contributed by atoms with Crippen molar-refractivity contribution in [1.29, 1.82) is 0 Å². The van der Waals surface area contributed by atoms with Crippen LogP contribution in [0.3, 0.4) is 0 Å². The molecule has 0 atom stereocenters. The Morgan fingerprint density at radius 3 is 2.30 bits per heavy atom. The molecule has 0 saturated carbocycles. The van der Waals surface area contributed by atoms with Crippen LogP contribution in [0.5, 0.6) is 0 Å². The van der Waals surface area contributed by atoms with Crippen LogP contribution < -0.4 is 0 Å². The van der Waals surface area contributed by atoms with Gasteiger partial charge in [-0.15, -0.1) is 6.58 Å². The van der Waals surface area contributed by atoms with Gasteiger partial charge in [0.2, 0.25) is 0 Å². The standard InChI is InChI=1S/C10H14/c1-3-5-7-9-10-8-6-4-2/h3-5,7,9-10H,1-2,6,8H2. The average molecular weight is 134 g/mol. The second-order valence-electron chi connectivity index (χ2n) is 1.91. The van der Waals surface area contributed by atoms with Crippen molar-refractivity contribution >= 4 is 0 Å². The van der Waals surface area contributed by atoms with E-state index in [4.69, 9.17) is 0 Å². The summed E-state index contributed by atoms with van der Waals surface area (Å²) >= 11 is 0. The minimum absolute atomic E-state index is 1.05. The molecule has 0 unspecified atom stereocenters. The minimum atomic E-state index is 1.05. The fourth-order valence-corrected chi connectivity index (χ4v) is 0.532. The summed E-state index contributed by atoms with van der Waals surface area (Å²) in [6.07, 6.45) is 13.8. The lowest BCUT2D eigenvalue weighted by Gasteiger charge is -1.80. The molecule has 0 fully saturated rings. The Hall–Kier alpha value is -1.04. The third-order valence-corrected chi connectivity index (χ3v) is 1.03. The van der Waals surface area contributed by atoms with Gasteiger partial charge in [0.25, 0.3) is 0 Å². The molecule has 0 aromatic heterocycles. The summed E-state index contributed by atoms with van der Waals surface area (Å²) in [7, 11) is 0. The fourth-order valence-electron chi connectivity index (χ4n) is 0.532. The molecule has 0 rings (SSSR count). The highest BCUT2D eigenvalue weighted by Crippen LogP contribution is 1.90. The molecule has 0 saturated heterocycles. The number of allylic oxidation sites excluding steroid dienone is 6. The molecular formula is C10H14. The summed E-state index contributed by atoms with van der Waals surface area (Å²) in [5.41, 5.74) is 0. The molecule has 0 amide bonds. The third-order valence-electron chi connectivity index (χ3n) is 1.03. The van der Waals surface area contributed by atoms with Gasteiger partial charge >= 0.3 is 0 Å². The van der Waals surface area contributed by atoms with E-state index in [2.05, 4.69) is 19.2 Å². The lowest BCUT2D eigenvalue weighted by Crippen LogP contribution is -1.60. The van der Waals surface area contributed by atoms with Crippen molar-refractivity contribution < 1.29 is 0 Å². The summed E-state index contributed by atoms with van der Waals surface area (Å²) in [5, 5.41) is 0. The molecule has 0 radical (unpaired) electrons. The predicted molar refractivity (Wildman–Crippen MR) is 47.9 cm³/mol. The molecule has 0 nitrogen and oxygen atoms in total. The zero-order chi connectivity index (χ0) is 7.66. The maximum atomic E-state index is 3.63. The first kappa shape index (κ1) is 8.96. The molecule has 54 valence electrons. The molecule has 0 aromatic carbocycles. The maximum absolute atomic E-state index is 3.63. The van der Waals surface area contributed by atoms with Crippen LogP contribution in [-0.4, -0.2) is 0 Å². The second-order valence-corrected chi connectivity index (χ2v) is 1.91. The summed E-state index contributed by atoms with van der Waals surface area (Å²) in [4.78, 5) is 0. The lowest BCUT2D eigenvalue weighted by molar-refractivity contribution is 1.06. The molecular weight excluding hydrogens is 120 g/mol. The van der Waals surface area contributed by atoms with Crippen LogP contribution >= 0.6 is 0 Å². The fraction of sp³-hybridized carbons (Fsp3) is 0.200. The molecule has 0 spiro atoms. The van der Waals surface area contributed by atoms with Crippen molar-refractivity contribution in [3.8, 4) is 0 Å². The van der Waals surface area contributed by atoms with Gasteiger partial charge in [-0.2, -0.15) is 0 Å². The van der Waals surface area contributed by atoms with Crippen molar-refractivity contribution in [2.75, 3.05) is 0 Å². The minimum Gasteiger partial charge on any atom is -0.103 e. The number of unbranched alkanes of at least 4 members (excludes halogenated alkanes) is 1. The van der Waals surface area contributed by atoms with Crippen molar-refractivity contribution in [2.45, 2.75) is 12.8 Å². The first-order valence-corrected chi connectivity index (χ1v) is 3.47. The molecule has 10 heavy (non-hydrogen) atoms. The average Bonchev–Trinajstić information content (AvgIpc) is 1.97. The quantitative estimate of drug-likeness (QED) is 0.307. The van der Waals surface area contributed by atoms with Crippen LogP contribution in [0.25, 0.3) is 0 Å². The van der Waals surface area contributed by atoms with E-state index in [-0.39, 0.29) is 0 Å². The van der Waals surface area contributed by atoms with Crippen LogP contribution in [0.15, 0.2) is 49.6 Å². The van der Waals surface area contributed by atoms with Gasteiger partial charge in [0.1, 0.15) is 0 Å². The van der Waals surface area contributed by atoms with Crippen LogP contribution in [0.1, 0.15) is 12.8 Å². The topological polar surface area (TPSA) is 0 Å². The summed E-state index contributed by atoms with van der Waals surface area (Å²) in [5.74, 6) is 0. The van der Waals surface area contributed by atoms with Gasteiger partial charge in [-0.05, 0) is 12.8 Å². The summed E-state index contributed by atoms with van der Waals surface area (Å²) in [6.45, 7) is 7.18. The predicted octanol–water partition coefficient (Wildman–Crippen LogP) is 3.25. The van der Waals surface area contributed by atoms with Crippen LogP contribution in [0.4, 0.5) is 0 Å². The summed E-state index contributed by atoms with van der Waals surface area (Å²) in [6, 6.07) is 0. The van der Waals surface area contributed by atoms with E-state index in [0.717, 1.165) is 12.8 Å². The van der Waals surface area contributed by atoms with E-state index >= 15 is 0 Å². The Labute approximate surface area is 63.3 Å². The van der Waals surface area contributed by atoms with Gasteiger partial charge in [-0.3, -0.25) is 0 Å². The van der Waals surface area contributed by atoms with Crippen LogP contribution in [0, 0.1) is 0 Å². The molecule has 0 aliphatic heterocycles. The Bertz CT molecular complexity index is 138.